The third-order valence-corrected chi connectivity index (χ3v) is 2.74. The van der Waals surface area contributed by atoms with E-state index in [1.54, 1.807) is 24.3 Å². The molecule has 0 spiro atoms. The molecule has 0 amide bonds. The second-order valence-corrected chi connectivity index (χ2v) is 3.85. The molecule has 0 unspecified atom stereocenters. The Morgan fingerprint density at radius 1 is 1.50 bits per heavy atom. The van der Waals surface area contributed by atoms with Crippen molar-refractivity contribution in [1.29, 1.82) is 0 Å². The molecule has 1 rings (SSSR count). The zero-order valence-electron chi connectivity index (χ0n) is 7.55. The minimum absolute atomic E-state index is 0.496. The summed E-state index contributed by atoms with van der Waals surface area (Å²) in [6, 6.07) is 5.92. The zero-order valence-corrected chi connectivity index (χ0v) is 9.14. The molecule has 0 aliphatic carbocycles. The Balaban J connectivity index is 2.94. The molecule has 1 N–H and O–H groups in total. The Morgan fingerprint density at radius 3 is 2.57 bits per heavy atom. The SMILES string of the molecule is C[C@@H]([C@H](O)c1ccccc1Br)[N+](=O)[O-]. The smallest absolute Gasteiger partial charge is 0.240 e. The number of nitro groups is 1. The minimum Gasteiger partial charge on any atom is -0.381 e. The summed E-state index contributed by atoms with van der Waals surface area (Å²) in [7, 11) is 0. The van der Waals surface area contributed by atoms with E-state index >= 15 is 0 Å². The molecule has 0 radical (unpaired) electrons. The number of hydrogen-bond acceptors (Lipinski definition) is 3. The van der Waals surface area contributed by atoms with E-state index in [0.29, 0.717) is 10.0 Å². The number of aliphatic hydroxyl groups is 1. The maximum atomic E-state index is 10.5. The van der Waals surface area contributed by atoms with Crippen LogP contribution in [0.3, 0.4) is 0 Å². The number of rotatable bonds is 3. The lowest BCUT2D eigenvalue weighted by Crippen LogP contribution is -2.24. The minimum atomic E-state index is -1.08. The Morgan fingerprint density at radius 2 is 2.07 bits per heavy atom. The van der Waals surface area contributed by atoms with Crippen molar-refractivity contribution in [2.45, 2.75) is 19.1 Å². The van der Waals surface area contributed by atoms with Gasteiger partial charge in [-0.1, -0.05) is 34.1 Å². The van der Waals surface area contributed by atoms with E-state index < -0.39 is 17.1 Å². The summed E-state index contributed by atoms with van der Waals surface area (Å²) in [6.45, 7) is 1.38. The first-order valence-electron chi connectivity index (χ1n) is 4.10. The molecule has 4 nitrogen and oxygen atoms in total. The van der Waals surface area contributed by atoms with Crippen LogP contribution in [0.2, 0.25) is 0 Å². The molecule has 5 heteroatoms. The average molecular weight is 260 g/mol. The molecule has 76 valence electrons. The van der Waals surface area contributed by atoms with Crippen LogP contribution in [-0.2, 0) is 0 Å². The van der Waals surface area contributed by atoms with Crippen LogP contribution >= 0.6 is 15.9 Å². The van der Waals surface area contributed by atoms with Crippen molar-refractivity contribution in [1.82, 2.24) is 0 Å². The topological polar surface area (TPSA) is 63.4 Å². The van der Waals surface area contributed by atoms with Crippen LogP contribution in [0.1, 0.15) is 18.6 Å². The number of hydrogen-bond donors (Lipinski definition) is 1. The lowest BCUT2D eigenvalue weighted by molar-refractivity contribution is -0.531. The van der Waals surface area contributed by atoms with Crippen molar-refractivity contribution in [3.8, 4) is 0 Å². The van der Waals surface area contributed by atoms with Gasteiger partial charge in [0.1, 0.15) is 6.10 Å². The molecule has 1 aromatic rings. The van der Waals surface area contributed by atoms with Crippen molar-refractivity contribution in [3.63, 3.8) is 0 Å². The third-order valence-electron chi connectivity index (χ3n) is 2.01. The van der Waals surface area contributed by atoms with Gasteiger partial charge in [0, 0.05) is 21.9 Å². The molecular formula is C9H10BrNO3. The predicted octanol–water partition coefficient (Wildman–Crippen LogP) is 2.15. The Bertz CT molecular complexity index is 343. The highest BCUT2D eigenvalue weighted by molar-refractivity contribution is 9.10. The van der Waals surface area contributed by atoms with Gasteiger partial charge in [0.05, 0.1) is 0 Å². The normalized spacial score (nSPS) is 14.8. The molecule has 0 saturated carbocycles. The maximum Gasteiger partial charge on any atom is 0.240 e. The van der Waals surface area contributed by atoms with E-state index in [1.165, 1.54) is 6.92 Å². The maximum absolute atomic E-state index is 10.5. The van der Waals surface area contributed by atoms with Crippen LogP contribution < -0.4 is 0 Å². The van der Waals surface area contributed by atoms with E-state index in [9.17, 15) is 15.2 Å². The van der Waals surface area contributed by atoms with Gasteiger partial charge in [-0.15, -0.1) is 0 Å². The summed E-state index contributed by atoms with van der Waals surface area (Å²) in [5, 5.41) is 20.1. The molecule has 0 saturated heterocycles. The van der Waals surface area contributed by atoms with Crippen LogP contribution in [0, 0.1) is 10.1 Å². The van der Waals surface area contributed by atoms with Gasteiger partial charge in [-0.3, -0.25) is 10.1 Å². The number of nitrogens with zero attached hydrogens (tertiary/aromatic N) is 1. The molecule has 0 bridgehead atoms. The van der Waals surface area contributed by atoms with Crippen molar-refractivity contribution < 1.29 is 10.0 Å². The predicted molar refractivity (Wildman–Crippen MR) is 55.6 cm³/mol. The lowest BCUT2D eigenvalue weighted by atomic mass is 10.0. The Kier molecular flexibility index (Phi) is 3.60. The van der Waals surface area contributed by atoms with E-state index in [2.05, 4.69) is 15.9 Å². The molecule has 0 aliphatic rings. The van der Waals surface area contributed by atoms with Gasteiger partial charge in [-0.05, 0) is 6.07 Å². The fourth-order valence-electron chi connectivity index (χ4n) is 1.09. The molecule has 0 fully saturated rings. The Labute approximate surface area is 89.8 Å². The van der Waals surface area contributed by atoms with Gasteiger partial charge in [0.15, 0.2) is 0 Å². The van der Waals surface area contributed by atoms with Gasteiger partial charge in [-0.25, -0.2) is 0 Å². The van der Waals surface area contributed by atoms with E-state index in [1.807, 2.05) is 0 Å². The number of benzene rings is 1. The molecule has 0 heterocycles. The van der Waals surface area contributed by atoms with Crippen LogP contribution in [0.4, 0.5) is 0 Å². The largest absolute Gasteiger partial charge is 0.381 e. The van der Waals surface area contributed by atoms with Crippen molar-refractivity contribution >= 4 is 15.9 Å². The highest BCUT2D eigenvalue weighted by Gasteiger charge is 2.26. The molecule has 0 aromatic heterocycles. The van der Waals surface area contributed by atoms with Crippen LogP contribution in [0.15, 0.2) is 28.7 Å². The van der Waals surface area contributed by atoms with Gasteiger partial charge in [0.2, 0.25) is 6.04 Å². The zero-order chi connectivity index (χ0) is 10.7. The summed E-state index contributed by atoms with van der Waals surface area (Å²) in [5.74, 6) is 0. The van der Waals surface area contributed by atoms with Gasteiger partial charge in [0.25, 0.3) is 0 Å². The van der Waals surface area contributed by atoms with Crippen molar-refractivity contribution in [3.05, 3.63) is 44.4 Å². The quantitative estimate of drug-likeness (QED) is 0.669. The van der Waals surface area contributed by atoms with Gasteiger partial charge >= 0.3 is 0 Å². The summed E-state index contributed by atoms with van der Waals surface area (Å²) in [4.78, 5) is 9.96. The van der Waals surface area contributed by atoms with E-state index in [-0.39, 0.29) is 0 Å². The van der Waals surface area contributed by atoms with Crippen LogP contribution in [0.5, 0.6) is 0 Å². The molecular weight excluding hydrogens is 250 g/mol. The molecule has 2 atom stereocenters. The monoisotopic (exact) mass is 259 g/mol. The summed E-state index contributed by atoms with van der Waals surface area (Å²) < 4.78 is 0.682. The van der Waals surface area contributed by atoms with Crippen molar-refractivity contribution in [2.75, 3.05) is 0 Å². The van der Waals surface area contributed by atoms with Crippen molar-refractivity contribution in [2.24, 2.45) is 0 Å². The molecule has 0 aliphatic heterocycles. The van der Waals surface area contributed by atoms with Crippen LogP contribution in [0.25, 0.3) is 0 Å². The fraction of sp³-hybridized carbons (Fsp3) is 0.333. The Hall–Kier alpha value is -0.940. The van der Waals surface area contributed by atoms with Gasteiger partial charge in [-0.2, -0.15) is 0 Å². The standard InChI is InChI=1S/C9H10BrNO3/c1-6(11(13)14)9(12)7-4-2-3-5-8(7)10/h2-6,9,12H,1H3/t6-,9-/m0/s1. The molecule has 1 aromatic carbocycles. The summed E-state index contributed by atoms with van der Waals surface area (Å²) in [6.07, 6.45) is -1.08. The highest BCUT2D eigenvalue weighted by Crippen LogP contribution is 2.26. The second kappa shape index (κ2) is 4.52. The second-order valence-electron chi connectivity index (χ2n) is 2.99. The lowest BCUT2D eigenvalue weighted by Gasteiger charge is -2.13. The summed E-state index contributed by atoms with van der Waals surface area (Å²) in [5.41, 5.74) is 0.539. The van der Waals surface area contributed by atoms with E-state index in [4.69, 9.17) is 0 Å². The number of halogens is 1. The van der Waals surface area contributed by atoms with E-state index in [0.717, 1.165) is 0 Å². The molecule has 14 heavy (non-hydrogen) atoms. The van der Waals surface area contributed by atoms with Gasteiger partial charge < -0.3 is 5.11 Å². The first kappa shape index (κ1) is 11.1. The number of aliphatic hydroxyl groups excluding tert-OH is 1. The third kappa shape index (κ3) is 2.30. The first-order chi connectivity index (χ1) is 6.54. The average Bonchev–Trinajstić information content (AvgIpc) is 2.16. The first-order valence-corrected chi connectivity index (χ1v) is 4.89. The van der Waals surface area contributed by atoms with Crippen LogP contribution in [-0.4, -0.2) is 16.1 Å². The summed E-state index contributed by atoms with van der Waals surface area (Å²) >= 11 is 3.23. The fourth-order valence-corrected chi connectivity index (χ4v) is 1.61. The highest BCUT2D eigenvalue weighted by atomic mass is 79.9.